The van der Waals surface area contributed by atoms with Crippen LogP contribution in [0.15, 0.2) is 16.8 Å². The van der Waals surface area contributed by atoms with Crippen molar-refractivity contribution in [2.45, 2.75) is 20.3 Å². The van der Waals surface area contributed by atoms with Crippen LogP contribution in [0.1, 0.15) is 19.4 Å². The number of aliphatic carboxylic acids is 1. The molecule has 0 atom stereocenters. The van der Waals surface area contributed by atoms with E-state index >= 15 is 0 Å². The fourth-order valence-corrected chi connectivity index (χ4v) is 2.37. The van der Waals surface area contributed by atoms with Crippen molar-refractivity contribution in [3.05, 3.63) is 22.4 Å². The molecule has 0 aromatic carbocycles. The average Bonchev–Trinajstić information content (AvgIpc) is 2.64. The molecule has 0 aliphatic rings. The molecule has 90 valence electrons. The molecule has 1 aromatic heterocycles. The molecule has 0 spiro atoms. The number of nitrogens with zero attached hydrogens (tertiary/aromatic N) is 1. The lowest BCUT2D eigenvalue weighted by Crippen LogP contribution is -2.34. The topological polar surface area (TPSA) is 40.5 Å². The van der Waals surface area contributed by atoms with Crippen LogP contribution in [0, 0.1) is 5.92 Å². The Bertz CT molecular complexity index is 309. The number of carbonyl (C=O) groups is 1. The van der Waals surface area contributed by atoms with Gasteiger partial charge >= 0.3 is 5.97 Å². The molecular weight excluding hydrogens is 222 g/mol. The normalized spacial score (nSPS) is 11.2. The molecule has 0 fully saturated rings. The fraction of sp³-hybridized carbons (Fsp3) is 0.583. The maximum absolute atomic E-state index is 10.7. The van der Waals surface area contributed by atoms with Gasteiger partial charge in [0, 0.05) is 13.1 Å². The average molecular weight is 241 g/mol. The molecule has 1 aromatic rings. The standard InChI is InChI=1S/C12H19NO2S/c1-10(2)7-13(8-12(14)15)5-3-11-4-6-16-9-11/h4,6,9-10H,3,5,7-8H2,1-2H3,(H,14,15). The maximum atomic E-state index is 10.7. The van der Waals surface area contributed by atoms with Gasteiger partial charge in [0.2, 0.25) is 0 Å². The molecule has 1 N–H and O–H groups in total. The summed E-state index contributed by atoms with van der Waals surface area (Å²) < 4.78 is 0. The van der Waals surface area contributed by atoms with E-state index in [1.54, 1.807) is 11.3 Å². The van der Waals surface area contributed by atoms with Gasteiger partial charge in [0.25, 0.3) is 0 Å². The largest absolute Gasteiger partial charge is 0.480 e. The van der Waals surface area contributed by atoms with E-state index in [1.807, 2.05) is 4.90 Å². The summed E-state index contributed by atoms with van der Waals surface area (Å²) in [6, 6.07) is 2.10. The Hall–Kier alpha value is -0.870. The number of rotatable bonds is 7. The number of thiophene rings is 1. The van der Waals surface area contributed by atoms with Crippen LogP contribution in [0.4, 0.5) is 0 Å². The zero-order chi connectivity index (χ0) is 12.0. The molecule has 4 heteroatoms. The highest BCUT2D eigenvalue weighted by molar-refractivity contribution is 7.07. The summed E-state index contributed by atoms with van der Waals surface area (Å²) in [5.74, 6) is -0.243. The number of carboxylic acids is 1. The SMILES string of the molecule is CC(C)CN(CCc1ccsc1)CC(=O)O. The van der Waals surface area contributed by atoms with Gasteiger partial charge in [0.1, 0.15) is 0 Å². The third-order valence-electron chi connectivity index (χ3n) is 2.28. The van der Waals surface area contributed by atoms with Crippen LogP contribution in [0.2, 0.25) is 0 Å². The second-order valence-corrected chi connectivity index (χ2v) is 5.18. The lowest BCUT2D eigenvalue weighted by molar-refractivity contribution is -0.138. The van der Waals surface area contributed by atoms with E-state index < -0.39 is 5.97 Å². The summed E-state index contributed by atoms with van der Waals surface area (Å²) in [5.41, 5.74) is 1.30. The van der Waals surface area contributed by atoms with E-state index in [-0.39, 0.29) is 6.54 Å². The van der Waals surface area contributed by atoms with Gasteiger partial charge in [-0.15, -0.1) is 0 Å². The minimum absolute atomic E-state index is 0.141. The van der Waals surface area contributed by atoms with Crippen LogP contribution < -0.4 is 0 Å². The smallest absolute Gasteiger partial charge is 0.317 e. The minimum Gasteiger partial charge on any atom is -0.480 e. The van der Waals surface area contributed by atoms with Crippen LogP contribution in [0.25, 0.3) is 0 Å². The first-order valence-corrected chi connectivity index (χ1v) is 6.47. The number of hydrogen-bond donors (Lipinski definition) is 1. The molecule has 1 heterocycles. The Labute approximate surface area is 101 Å². The van der Waals surface area contributed by atoms with Crippen molar-refractivity contribution in [2.75, 3.05) is 19.6 Å². The molecule has 0 aliphatic heterocycles. The summed E-state index contributed by atoms with van der Waals surface area (Å²) in [7, 11) is 0. The van der Waals surface area contributed by atoms with E-state index in [0.29, 0.717) is 5.92 Å². The van der Waals surface area contributed by atoms with Crippen LogP contribution >= 0.6 is 11.3 Å². The van der Waals surface area contributed by atoms with E-state index in [0.717, 1.165) is 19.5 Å². The van der Waals surface area contributed by atoms with Crippen molar-refractivity contribution in [1.82, 2.24) is 4.90 Å². The molecule has 0 unspecified atom stereocenters. The van der Waals surface area contributed by atoms with Gasteiger partial charge in [-0.2, -0.15) is 11.3 Å². The van der Waals surface area contributed by atoms with Gasteiger partial charge in [-0.25, -0.2) is 0 Å². The first-order chi connectivity index (χ1) is 7.58. The second kappa shape index (κ2) is 6.66. The molecule has 0 radical (unpaired) electrons. The highest BCUT2D eigenvalue weighted by Crippen LogP contribution is 2.08. The van der Waals surface area contributed by atoms with Crippen molar-refractivity contribution in [3.63, 3.8) is 0 Å². The maximum Gasteiger partial charge on any atom is 0.317 e. The summed E-state index contributed by atoms with van der Waals surface area (Å²) in [4.78, 5) is 12.7. The van der Waals surface area contributed by atoms with E-state index in [2.05, 4.69) is 30.7 Å². The van der Waals surface area contributed by atoms with Gasteiger partial charge in [-0.3, -0.25) is 9.69 Å². The summed E-state index contributed by atoms with van der Waals surface area (Å²) >= 11 is 1.68. The highest BCUT2D eigenvalue weighted by atomic mass is 32.1. The van der Waals surface area contributed by atoms with Gasteiger partial charge in [-0.1, -0.05) is 13.8 Å². The molecule has 16 heavy (non-hydrogen) atoms. The number of hydrogen-bond acceptors (Lipinski definition) is 3. The van der Waals surface area contributed by atoms with Crippen molar-refractivity contribution in [1.29, 1.82) is 0 Å². The quantitative estimate of drug-likeness (QED) is 0.796. The summed E-state index contributed by atoms with van der Waals surface area (Å²) in [6.07, 6.45) is 0.934. The second-order valence-electron chi connectivity index (χ2n) is 4.40. The molecular formula is C12H19NO2S. The van der Waals surface area contributed by atoms with Gasteiger partial charge < -0.3 is 5.11 Å². The number of carboxylic acid groups (broad SMARTS) is 1. The Morgan fingerprint density at radius 1 is 1.56 bits per heavy atom. The molecule has 0 amide bonds. The van der Waals surface area contributed by atoms with E-state index in [9.17, 15) is 4.79 Å². The molecule has 0 bridgehead atoms. The zero-order valence-electron chi connectivity index (χ0n) is 9.85. The Kier molecular flexibility index (Phi) is 5.49. The zero-order valence-corrected chi connectivity index (χ0v) is 10.7. The molecule has 3 nitrogen and oxygen atoms in total. The predicted molar refractivity (Wildman–Crippen MR) is 66.9 cm³/mol. The molecule has 0 saturated heterocycles. The van der Waals surface area contributed by atoms with Crippen molar-refractivity contribution in [3.8, 4) is 0 Å². The monoisotopic (exact) mass is 241 g/mol. The van der Waals surface area contributed by atoms with Crippen LogP contribution in [-0.2, 0) is 11.2 Å². The third kappa shape index (κ3) is 5.28. The van der Waals surface area contributed by atoms with E-state index in [4.69, 9.17) is 5.11 Å². The third-order valence-corrected chi connectivity index (χ3v) is 3.01. The summed E-state index contributed by atoms with van der Waals surface area (Å²) in [6.45, 7) is 6.03. The van der Waals surface area contributed by atoms with E-state index in [1.165, 1.54) is 5.56 Å². The predicted octanol–water partition coefficient (Wildman–Crippen LogP) is 2.33. The van der Waals surface area contributed by atoms with Crippen LogP contribution in [0.5, 0.6) is 0 Å². The van der Waals surface area contributed by atoms with Crippen LogP contribution in [-0.4, -0.2) is 35.6 Å². The molecule has 1 rings (SSSR count). The lowest BCUT2D eigenvalue weighted by atomic mass is 10.2. The van der Waals surface area contributed by atoms with Crippen LogP contribution in [0.3, 0.4) is 0 Å². The van der Waals surface area contributed by atoms with Crippen molar-refractivity contribution < 1.29 is 9.90 Å². The lowest BCUT2D eigenvalue weighted by Gasteiger charge is -2.21. The van der Waals surface area contributed by atoms with Crippen molar-refractivity contribution in [2.24, 2.45) is 5.92 Å². The first kappa shape index (κ1) is 13.2. The summed E-state index contributed by atoms with van der Waals surface area (Å²) in [5, 5.41) is 13.0. The van der Waals surface area contributed by atoms with Crippen molar-refractivity contribution >= 4 is 17.3 Å². The van der Waals surface area contributed by atoms with Gasteiger partial charge in [0.15, 0.2) is 0 Å². The Morgan fingerprint density at radius 3 is 2.81 bits per heavy atom. The van der Waals surface area contributed by atoms with Gasteiger partial charge in [-0.05, 0) is 34.7 Å². The molecule has 0 aliphatic carbocycles. The highest BCUT2D eigenvalue weighted by Gasteiger charge is 2.11. The Morgan fingerprint density at radius 2 is 2.31 bits per heavy atom. The Balaban J connectivity index is 2.40. The molecule has 0 saturated carbocycles. The first-order valence-electron chi connectivity index (χ1n) is 5.53. The minimum atomic E-state index is -0.744. The van der Waals surface area contributed by atoms with Gasteiger partial charge in [0.05, 0.1) is 6.54 Å². The fourth-order valence-electron chi connectivity index (χ4n) is 1.66.